The number of nitrogens with zero attached hydrogens (tertiary/aromatic N) is 7. The molecule has 2 fully saturated rings. The van der Waals surface area contributed by atoms with Gasteiger partial charge in [-0.1, -0.05) is 11.6 Å². The van der Waals surface area contributed by atoms with E-state index >= 15 is 4.39 Å². The number of carboxylic acids is 1. The summed E-state index contributed by atoms with van der Waals surface area (Å²) in [4.78, 5) is 56.6. The van der Waals surface area contributed by atoms with Gasteiger partial charge in [-0.25, -0.2) is 27.6 Å². The average molecular weight is 802 g/mol. The number of hydrogen-bond donors (Lipinski definition) is 1. The predicted molar refractivity (Wildman–Crippen MR) is 204 cm³/mol. The van der Waals surface area contributed by atoms with Gasteiger partial charge in [-0.05, 0) is 67.4 Å². The third kappa shape index (κ3) is 6.50. The van der Waals surface area contributed by atoms with Crippen LogP contribution in [0.1, 0.15) is 34.8 Å². The fraction of sp³-hybridized carbons (Fsp3) is 0.263. The van der Waals surface area contributed by atoms with Crippen LogP contribution < -0.4 is 24.7 Å². The predicted octanol–water partition coefficient (Wildman–Crippen LogP) is 4.71. The van der Waals surface area contributed by atoms with Gasteiger partial charge < -0.3 is 24.0 Å². The van der Waals surface area contributed by atoms with Gasteiger partial charge in [0.1, 0.15) is 23.4 Å². The van der Waals surface area contributed by atoms with Crippen molar-refractivity contribution in [2.24, 2.45) is 4.99 Å². The Morgan fingerprint density at radius 2 is 1.71 bits per heavy atom. The molecule has 2 aromatic heterocycles. The summed E-state index contributed by atoms with van der Waals surface area (Å²) in [6.07, 6.45) is 4.10. The maximum Gasteiger partial charge on any atom is 0.341 e. The van der Waals surface area contributed by atoms with E-state index in [0.29, 0.717) is 59.3 Å². The quantitative estimate of drug-likeness (QED) is 0.193. The van der Waals surface area contributed by atoms with Gasteiger partial charge in [-0.15, -0.1) is 0 Å². The molecule has 0 bridgehead atoms. The van der Waals surface area contributed by atoms with Crippen molar-refractivity contribution >= 4 is 67.0 Å². The molecule has 15 nitrogen and oxygen atoms in total. The number of anilines is 2. The minimum absolute atomic E-state index is 0.0328. The van der Waals surface area contributed by atoms with Crippen molar-refractivity contribution in [2.75, 3.05) is 56.9 Å². The second kappa shape index (κ2) is 14.3. The summed E-state index contributed by atoms with van der Waals surface area (Å²) in [6, 6.07) is 13.6. The van der Waals surface area contributed by atoms with Crippen LogP contribution in [0.3, 0.4) is 0 Å². The van der Waals surface area contributed by atoms with E-state index in [1.165, 1.54) is 44.7 Å². The lowest BCUT2D eigenvalue weighted by Gasteiger charge is -2.38. The molecule has 0 radical (unpaired) electrons. The summed E-state index contributed by atoms with van der Waals surface area (Å²) < 4.78 is 54.7. The first-order chi connectivity index (χ1) is 26.9. The molecule has 1 aliphatic carbocycles. The van der Waals surface area contributed by atoms with Crippen molar-refractivity contribution < 1.29 is 37.0 Å². The Balaban J connectivity index is 1.01. The molecule has 1 saturated heterocycles. The smallest absolute Gasteiger partial charge is 0.341 e. The number of methoxy groups -OCH3 is 2. The standard InChI is InChI=1S/C38H33ClFN7O8S/c1-54-34-35(55-2)41-19-42-36(34)56(52,53)24-8-4-22(5-9-24)43-32-25-15-21(39)3-10-29(25)47(37(32)49)20-44-11-13-45(14-12-44)31-17-30-26(16-28(31)40)33(48)27(38(50)51)18-46(30)23-6-7-23/h3-5,8-10,15-19,23H,6-7,11-14,20H2,1-2H3,(H,50,51). The van der Waals surface area contributed by atoms with Gasteiger partial charge in [0.25, 0.3) is 11.8 Å². The van der Waals surface area contributed by atoms with E-state index in [1.54, 1.807) is 33.7 Å². The Kier molecular flexibility index (Phi) is 9.46. The number of ether oxygens (including phenoxy) is 2. The van der Waals surface area contributed by atoms with Gasteiger partial charge in [0.15, 0.2) is 0 Å². The molecule has 1 N–H and O–H groups in total. The molecule has 1 saturated carbocycles. The third-order valence-electron chi connectivity index (χ3n) is 10.1. The van der Waals surface area contributed by atoms with Crippen molar-refractivity contribution in [1.82, 2.24) is 19.4 Å². The first-order valence-corrected chi connectivity index (χ1v) is 19.3. The fourth-order valence-electron chi connectivity index (χ4n) is 7.07. The number of halogens is 2. The van der Waals surface area contributed by atoms with Gasteiger partial charge in [-0.3, -0.25) is 19.4 Å². The molecule has 3 aliphatic rings. The van der Waals surface area contributed by atoms with Gasteiger partial charge in [0, 0.05) is 54.4 Å². The lowest BCUT2D eigenvalue weighted by atomic mass is 10.1. The van der Waals surface area contributed by atoms with Crippen molar-refractivity contribution in [3.8, 4) is 11.6 Å². The molecule has 0 atom stereocenters. The highest BCUT2D eigenvalue weighted by atomic mass is 35.5. The molecule has 2 aliphatic heterocycles. The molecular formula is C38H33ClFN7O8S. The third-order valence-corrected chi connectivity index (χ3v) is 12.0. The fourth-order valence-corrected chi connectivity index (χ4v) is 8.56. The van der Waals surface area contributed by atoms with E-state index in [9.17, 15) is 27.9 Å². The van der Waals surface area contributed by atoms with Crippen LogP contribution in [0, 0.1) is 5.82 Å². The zero-order valence-electron chi connectivity index (χ0n) is 30.0. The molecule has 4 heterocycles. The zero-order valence-corrected chi connectivity index (χ0v) is 31.6. The molecule has 1 amide bonds. The molecule has 18 heteroatoms. The number of aromatic carboxylic acids is 1. The van der Waals surface area contributed by atoms with Crippen LogP contribution in [-0.4, -0.2) is 97.6 Å². The molecule has 288 valence electrons. The van der Waals surface area contributed by atoms with Crippen LogP contribution >= 0.6 is 11.6 Å². The Labute approximate surface area is 324 Å². The van der Waals surface area contributed by atoms with Gasteiger partial charge in [0.2, 0.25) is 26.0 Å². The summed E-state index contributed by atoms with van der Waals surface area (Å²) in [6.45, 7) is 2.00. The number of piperazine rings is 1. The number of sulfone groups is 1. The lowest BCUT2D eigenvalue weighted by Crippen LogP contribution is -2.51. The number of rotatable bonds is 10. The van der Waals surface area contributed by atoms with E-state index < -0.39 is 27.1 Å². The van der Waals surface area contributed by atoms with Crippen LogP contribution in [0.2, 0.25) is 5.02 Å². The molecular weight excluding hydrogens is 769 g/mol. The van der Waals surface area contributed by atoms with Crippen LogP contribution in [-0.2, 0) is 14.6 Å². The maximum absolute atomic E-state index is 15.6. The number of fused-ring (bicyclic) bond motifs is 2. The monoisotopic (exact) mass is 801 g/mol. The van der Waals surface area contributed by atoms with Gasteiger partial charge in [0.05, 0.1) is 48.4 Å². The number of amides is 1. The van der Waals surface area contributed by atoms with E-state index in [4.69, 9.17) is 21.1 Å². The number of hydrogen-bond acceptors (Lipinski definition) is 12. The minimum Gasteiger partial charge on any atom is -0.489 e. The average Bonchev–Trinajstić information content (AvgIpc) is 4.01. The maximum atomic E-state index is 15.6. The summed E-state index contributed by atoms with van der Waals surface area (Å²) in [5, 5.41) is 9.65. The van der Waals surface area contributed by atoms with Crippen LogP contribution in [0.15, 0.2) is 86.8 Å². The molecule has 8 rings (SSSR count). The summed E-state index contributed by atoms with van der Waals surface area (Å²) in [5.41, 5.74) is 1.28. The van der Waals surface area contributed by atoms with Crippen molar-refractivity contribution in [3.05, 3.63) is 99.3 Å². The topological polar surface area (TPSA) is 177 Å². The second-order valence-electron chi connectivity index (χ2n) is 13.5. The number of aromatic nitrogens is 3. The van der Waals surface area contributed by atoms with E-state index in [-0.39, 0.29) is 56.8 Å². The van der Waals surface area contributed by atoms with E-state index in [1.807, 2.05) is 4.90 Å². The number of aliphatic imine (C=N–C) groups is 1. The molecule has 0 spiro atoms. The van der Waals surface area contributed by atoms with E-state index in [0.717, 1.165) is 25.2 Å². The Hall–Kier alpha value is -5.91. The molecule has 0 unspecified atom stereocenters. The van der Waals surface area contributed by atoms with Gasteiger partial charge in [-0.2, -0.15) is 4.98 Å². The Bertz CT molecular complexity index is 2640. The van der Waals surface area contributed by atoms with Crippen LogP contribution in [0.25, 0.3) is 10.9 Å². The van der Waals surface area contributed by atoms with Crippen LogP contribution in [0.5, 0.6) is 11.6 Å². The number of benzene rings is 3. The number of carboxylic acid groups (broad SMARTS) is 1. The normalized spacial score (nSPS) is 16.8. The summed E-state index contributed by atoms with van der Waals surface area (Å²) in [7, 11) is -1.53. The van der Waals surface area contributed by atoms with Crippen molar-refractivity contribution in [2.45, 2.75) is 28.8 Å². The highest BCUT2D eigenvalue weighted by Gasteiger charge is 2.36. The minimum atomic E-state index is -4.15. The lowest BCUT2D eigenvalue weighted by molar-refractivity contribution is -0.112. The molecule has 5 aromatic rings. The van der Waals surface area contributed by atoms with Crippen LogP contribution in [0.4, 0.5) is 21.5 Å². The molecule has 3 aromatic carbocycles. The van der Waals surface area contributed by atoms with Crippen molar-refractivity contribution in [3.63, 3.8) is 0 Å². The zero-order chi connectivity index (χ0) is 39.5. The van der Waals surface area contributed by atoms with Crippen molar-refractivity contribution in [1.29, 1.82) is 0 Å². The number of pyridine rings is 1. The summed E-state index contributed by atoms with van der Waals surface area (Å²) >= 11 is 6.37. The summed E-state index contributed by atoms with van der Waals surface area (Å²) in [5.74, 6) is -2.51. The first kappa shape index (κ1) is 37.0. The highest BCUT2D eigenvalue weighted by molar-refractivity contribution is 7.91. The number of carbonyl (C=O) groups excluding carboxylic acids is 1. The van der Waals surface area contributed by atoms with E-state index in [2.05, 4.69) is 19.9 Å². The number of carbonyl (C=O) groups is 2. The van der Waals surface area contributed by atoms with Gasteiger partial charge >= 0.3 is 5.97 Å². The largest absolute Gasteiger partial charge is 0.489 e. The molecule has 56 heavy (non-hydrogen) atoms. The highest BCUT2D eigenvalue weighted by Crippen LogP contribution is 2.39. The second-order valence-corrected chi connectivity index (χ2v) is 15.8. The first-order valence-electron chi connectivity index (χ1n) is 17.5. The Morgan fingerprint density at radius 3 is 2.38 bits per heavy atom. The SMILES string of the molecule is COc1ncnc(S(=O)(=O)c2ccc(N=C3C(=O)N(CN4CCN(c5cc6c(cc5F)c(=O)c(C(=O)O)cn6C5CC5)CC4)c4ccc(Cl)cc43)cc2)c1OC. The Morgan fingerprint density at radius 1 is 0.982 bits per heavy atom.